The van der Waals surface area contributed by atoms with E-state index >= 15 is 0 Å². The molecule has 2 heterocycles. The van der Waals surface area contributed by atoms with Crippen LogP contribution in [0.3, 0.4) is 0 Å². The van der Waals surface area contributed by atoms with Gasteiger partial charge in [-0.15, -0.1) is 0 Å². The maximum absolute atomic E-state index is 9.31. The van der Waals surface area contributed by atoms with Crippen LogP contribution in [0.4, 0.5) is 11.8 Å². The molecule has 3 rings (SSSR count). The molecule has 0 fully saturated rings. The first-order valence-corrected chi connectivity index (χ1v) is 8.83. The summed E-state index contributed by atoms with van der Waals surface area (Å²) >= 11 is 0. The molecule has 144 valence electrons. The van der Waals surface area contributed by atoms with Gasteiger partial charge in [-0.1, -0.05) is 25.5 Å². The first kappa shape index (κ1) is 18.9. The van der Waals surface area contributed by atoms with E-state index in [0.717, 1.165) is 29.5 Å². The zero-order valence-electron chi connectivity index (χ0n) is 15.5. The number of methoxy groups -OCH3 is 1. The molecule has 0 aliphatic heterocycles. The summed E-state index contributed by atoms with van der Waals surface area (Å²) < 4.78 is 7.24. The van der Waals surface area contributed by atoms with Crippen LogP contribution >= 0.6 is 0 Å². The first-order chi connectivity index (χ1) is 13.0. The van der Waals surface area contributed by atoms with Crippen LogP contribution < -0.4 is 21.5 Å². The summed E-state index contributed by atoms with van der Waals surface area (Å²) in [6, 6.07) is 5.58. The summed E-state index contributed by atoms with van der Waals surface area (Å²) in [5.41, 5.74) is 15.0. The molecule has 1 unspecified atom stereocenters. The van der Waals surface area contributed by atoms with Crippen molar-refractivity contribution in [1.82, 2.24) is 19.7 Å². The molecule has 6 N–H and O–H groups in total. The van der Waals surface area contributed by atoms with Crippen LogP contribution in [0.2, 0.25) is 0 Å². The Morgan fingerprint density at radius 2 is 2.15 bits per heavy atom. The molecule has 0 aliphatic rings. The Hall–Kier alpha value is -2.91. The second-order valence-corrected chi connectivity index (χ2v) is 6.31. The summed E-state index contributed by atoms with van der Waals surface area (Å²) in [6.45, 7) is 2.47. The topological polar surface area (TPSA) is 137 Å². The highest BCUT2D eigenvalue weighted by Crippen LogP contribution is 2.26. The average Bonchev–Trinajstić information content (AvgIpc) is 3.04. The van der Waals surface area contributed by atoms with Gasteiger partial charge in [-0.05, 0) is 18.1 Å². The summed E-state index contributed by atoms with van der Waals surface area (Å²) in [5, 5.41) is 17.0. The quantitative estimate of drug-likeness (QED) is 0.437. The fourth-order valence-electron chi connectivity index (χ4n) is 2.98. The van der Waals surface area contributed by atoms with Gasteiger partial charge >= 0.3 is 0 Å². The van der Waals surface area contributed by atoms with Crippen molar-refractivity contribution < 1.29 is 9.84 Å². The van der Waals surface area contributed by atoms with Crippen LogP contribution in [0.15, 0.2) is 24.4 Å². The Bertz CT molecular complexity index is 925. The summed E-state index contributed by atoms with van der Waals surface area (Å²) in [6.07, 6.45) is 3.16. The molecule has 0 saturated heterocycles. The molecular formula is C18H25N7O2. The van der Waals surface area contributed by atoms with E-state index in [1.165, 1.54) is 0 Å². The van der Waals surface area contributed by atoms with E-state index in [9.17, 15) is 5.11 Å². The molecule has 0 spiro atoms. The Kier molecular flexibility index (Phi) is 5.72. The lowest BCUT2D eigenvalue weighted by atomic mass is 10.1. The minimum atomic E-state index is -0.241. The number of nitrogen functional groups attached to an aromatic ring is 1. The minimum Gasteiger partial charge on any atom is -0.496 e. The minimum absolute atomic E-state index is 0.0438. The second kappa shape index (κ2) is 8.19. The van der Waals surface area contributed by atoms with Gasteiger partial charge in [0.05, 0.1) is 32.6 Å². The van der Waals surface area contributed by atoms with Gasteiger partial charge < -0.3 is 26.6 Å². The van der Waals surface area contributed by atoms with Gasteiger partial charge in [0.1, 0.15) is 16.8 Å². The number of benzene rings is 1. The average molecular weight is 371 g/mol. The van der Waals surface area contributed by atoms with Gasteiger partial charge in [0.2, 0.25) is 5.95 Å². The third-order valence-corrected chi connectivity index (χ3v) is 4.28. The van der Waals surface area contributed by atoms with Crippen LogP contribution in [0.25, 0.3) is 11.0 Å². The lowest BCUT2D eigenvalue weighted by molar-refractivity contribution is 0.281. The molecule has 3 aromatic rings. The number of nitrogens with one attached hydrogen (secondary N) is 1. The normalized spacial score (nSPS) is 12.3. The van der Waals surface area contributed by atoms with Crippen molar-refractivity contribution in [2.24, 2.45) is 5.73 Å². The number of anilines is 2. The Balaban J connectivity index is 2.00. The van der Waals surface area contributed by atoms with Crippen molar-refractivity contribution in [2.45, 2.75) is 39.1 Å². The standard InChI is InChI=1S/C18H25N7O2/c1-3-4-15(19)23-17-16-13(22-18(20)24-17)8-21-25(16)9-12-6-5-11(10-26)7-14(12)27-2/h5-8,15,26H,3-4,9-10,19H2,1-2H3,(H3,20,22,23,24). The van der Waals surface area contributed by atoms with Gasteiger partial charge in [0.15, 0.2) is 5.82 Å². The molecule has 9 heteroatoms. The maximum atomic E-state index is 9.31. The van der Waals surface area contributed by atoms with Crippen molar-refractivity contribution in [2.75, 3.05) is 18.2 Å². The predicted octanol–water partition coefficient (Wildman–Crippen LogP) is 1.45. The largest absolute Gasteiger partial charge is 0.496 e. The molecular weight excluding hydrogens is 346 g/mol. The molecule has 1 aromatic carbocycles. The molecule has 0 bridgehead atoms. The number of ether oxygens (including phenoxy) is 1. The molecule has 0 amide bonds. The van der Waals surface area contributed by atoms with E-state index < -0.39 is 0 Å². The fourth-order valence-corrected chi connectivity index (χ4v) is 2.98. The Morgan fingerprint density at radius 1 is 1.33 bits per heavy atom. The van der Waals surface area contributed by atoms with E-state index in [0.29, 0.717) is 23.6 Å². The molecule has 9 nitrogen and oxygen atoms in total. The molecule has 2 aromatic heterocycles. The lowest BCUT2D eigenvalue weighted by Crippen LogP contribution is -2.30. The second-order valence-electron chi connectivity index (χ2n) is 6.31. The van der Waals surface area contributed by atoms with Crippen LogP contribution in [-0.2, 0) is 13.2 Å². The van der Waals surface area contributed by atoms with E-state index in [1.807, 2.05) is 18.2 Å². The molecule has 1 atom stereocenters. The van der Waals surface area contributed by atoms with Gasteiger partial charge in [-0.2, -0.15) is 10.1 Å². The highest BCUT2D eigenvalue weighted by Gasteiger charge is 2.16. The number of aliphatic hydroxyl groups excluding tert-OH is 1. The maximum Gasteiger partial charge on any atom is 0.222 e. The number of nitrogens with two attached hydrogens (primary N) is 2. The van der Waals surface area contributed by atoms with Crippen LogP contribution in [-0.4, -0.2) is 38.1 Å². The number of rotatable bonds is 8. The number of hydrogen-bond acceptors (Lipinski definition) is 8. The monoisotopic (exact) mass is 371 g/mol. The number of aliphatic hydroxyl groups is 1. The Labute approximate surface area is 157 Å². The van der Waals surface area contributed by atoms with Crippen molar-refractivity contribution in [3.8, 4) is 5.75 Å². The van der Waals surface area contributed by atoms with Crippen molar-refractivity contribution in [3.05, 3.63) is 35.5 Å². The van der Waals surface area contributed by atoms with Crippen molar-refractivity contribution in [3.63, 3.8) is 0 Å². The first-order valence-electron chi connectivity index (χ1n) is 8.83. The van der Waals surface area contributed by atoms with Crippen molar-refractivity contribution in [1.29, 1.82) is 0 Å². The summed E-state index contributed by atoms with van der Waals surface area (Å²) in [4.78, 5) is 8.58. The van der Waals surface area contributed by atoms with Crippen LogP contribution in [0.5, 0.6) is 5.75 Å². The zero-order chi connectivity index (χ0) is 19.4. The van der Waals surface area contributed by atoms with Crippen molar-refractivity contribution >= 4 is 22.8 Å². The molecule has 0 radical (unpaired) electrons. The number of nitrogens with zero attached hydrogens (tertiary/aromatic N) is 4. The summed E-state index contributed by atoms with van der Waals surface area (Å²) in [5.74, 6) is 1.40. The number of hydrogen-bond donors (Lipinski definition) is 4. The number of aromatic nitrogens is 4. The highest BCUT2D eigenvalue weighted by molar-refractivity contribution is 5.86. The van der Waals surface area contributed by atoms with Gasteiger partial charge in [0.25, 0.3) is 0 Å². The van der Waals surface area contributed by atoms with Crippen LogP contribution in [0.1, 0.15) is 30.9 Å². The molecule has 27 heavy (non-hydrogen) atoms. The number of fused-ring (bicyclic) bond motifs is 1. The summed E-state index contributed by atoms with van der Waals surface area (Å²) in [7, 11) is 1.60. The highest BCUT2D eigenvalue weighted by atomic mass is 16.5. The lowest BCUT2D eigenvalue weighted by Gasteiger charge is -2.16. The third-order valence-electron chi connectivity index (χ3n) is 4.28. The predicted molar refractivity (Wildman–Crippen MR) is 104 cm³/mol. The van der Waals surface area contributed by atoms with Gasteiger partial charge in [0, 0.05) is 5.56 Å². The Morgan fingerprint density at radius 3 is 2.85 bits per heavy atom. The van der Waals surface area contributed by atoms with Gasteiger partial charge in [-0.25, -0.2) is 4.98 Å². The molecule has 0 aliphatic carbocycles. The zero-order valence-corrected chi connectivity index (χ0v) is 15.5. The smallest absolute Gasteiger partial charge is 0.222 e. The van der Waals surface area contributed by atoms with Crippen LogP contribution in [0, 0.1) is 0 Å². The van der Waals surface area contributed by atoms with Gasteiger partial charge in [-0.3, -0.25) is 4.68 Å². The SMILES string of the molecule is CCCC(N)Nc1nc(N)nc2cnn(Cc3ccc(CO)cc3OC)c12. The van der Waals surface area contributed by atoms with E-state index in [-0.39, 0.29) is 18.7 Å². The van der Waals surface area contributed by atoms with E-state index in [2.05, 4.69) is 27.3 Å². The third kappa shape index (κ3) is 4.09. The fraction of sp³-hybridized carbons (Fsp3) is 0.389. The van der Waals surface area contributed by atoms with E-state index in [1.54, 1.807) is 18.0 Å². The molecule has 0 saturated carbocycles. The van der Waals surface area contributed by atoms with E-state index in [4.69, 9.17) is 16.2 Å².